The van der Waals surface area contributed by atoms with E-state index in [-0.39, 0.29) is 38.8 Å². The monoisotopic (exact) mass is 377 g/mol. The van der Waals surface area contributed by atoms with E-state index in [1.165, 1.54) is 12.1 Å². The van der Waals surface area contributed by atoms with Crippen LogP contribution in [0.1, 0.15) is 22.8 Å². The van der Waals surface area contributed by atoms with E-state index in [2.05, 4.69) is 4.98 Å². The third-order valence-electron chi connectivity index (χ3n) is 4.12. The van der Waals surface area contributed by atoms with E-state index in [1.54, 1.807) is 6.07 Å². The van der Waals surface area contributed by atoms with Crippen LogP contribution in [0.4, 0.5) is 18.3 Å². The highest BCUT2D eigenvalue weighted by atomic mass is 32.1. The molecule has 1 aliphatic rings. The summed E-state index contributed by atoms with van der Waals surface area (Å²) < 4.78 is 47.9. The Hall–Kier alpha value is -2.83. The van der Waals surface area contributed by atoms with Gasteiger partial charge in [0.05, 0.1) is 21.8 Å². The molecule has 0 saturated heterocycles. The van der Waals surface area contributed by atoms with Gasteiger partial charge in [0, 0.05) is 29.7 Å². The summed E-state index contributed by atoms with van der Waals surface area (Å²) in [4.78, 5) is 4.03. The van der Waals surface area contributed by atoms with Crippen molar-refractivity contribution in [2.75, 3.05) is 5.73 Å². The molecule has 1 heterocycles. The molecule has 0 bridgehead atoms. The number of rotatable bonds is 2. The number of nitriles is 1. The van der Waals surface area contributed by atoms with Gasteiger partial charge in [0.15, 0.2) is 5.13 Å². The zero-order chi connectivity index (χ0) is 18.6. The van der Waals surface area contributed by atoms with Crippen molar-refractivity contribution in [3.63, 3.8) is 0 Å². The summed E-state index contributed by atoms with van der Waals surface area (Å²) in [6.07, 6.45) is -2.78. The second kappa shape index (κ2) is 5.59. The number of aliphatic hydroxyl groups excluding tert-OH is 1. The summed E-state index contributed by atoms with van der Waals surface area (Å²) in [6, 6.07) is 6.64. The average Bonchev–Trinajstić information content (AvgIpc) is 3.04. The van der Waals surface area contributed by atoms with Crippen LogP contribution in [0.3, 0.4) is 0 Å². The third-order valence-corrected chi connectivity index (χ3v) is 4.96. The molecule has 1 unspecified atom stereocenters. The zero-order valence-corrected chi connectivity index (χ0v) is 13.8. The zero-order valence-electron chi connectivity index (χ0n) is 13.0. The van der Waals surface area contributed by atoms with Crippen LogP contribution in [0.5, 0.6) is 11.5 Å². The van der Waals surface area contributed by atoms with E-state index in [0.717, 1.165) is 23.5 Å². The number of anilines is 1. The molecule has 0 saturated carbocycles. The average molecular weight is 377 g/mol. The fourth-order valence-corrected chi connectivity index (χ4v) is 3.83. The molecule has 0 amide bonds. The van der Waals surface area contributed by atoms with Crippen molar-refractivity contribution in [1.29, 1.82) is 5.26 Å². The first-order valence-electron chi connectivity index (χ1n) is 7.44. The molecule has 2 aromatic carbocycles. The summed E-state index contributed by atoms with van der Waals surface area (Å²) >= 11 is 1.06. The van der Waals surface area contributed by atoms with Gasteiger partial charge in [-0.05, 0) is 12.1 Å². The Morgan fingerprint density at radius 3 is 2.85 bits per heavy atom. The van der Waals surface area contributed by atoms with Crippen LogP contribution in [-0.4, -0.2) is 16.0 Å². The highest BCUT2D eigenvalue weighted by Crippen LogP contribution is 2.51. The van der Waals surface area contributed by atoms with E-state index in [9.17, 15) is 18.3 Å². The predicted molar refractivity (Wildman–Crippen MR) is 88.8 cm³/mol. The maximum Gasteiger partial charge on any atom is 0.281 e. The number of aliphatic hydroxyl groups is 1. The number of fused-ring (bicyclic) bond motifs is 3. The molecule has 0 radical (unpaired) electrons. The van der Waals surface area contributed by atoms with Gasteiger partial charge in [-0.15, -0.1) is 0 Å². The van der Waals surface area contributed by atoms with E-state index in [0.29, 0.717) is 4.70 Å². The molecule has 132 valence electrons. The molecule has 3 aromatic rings. The van der Waals surface area contributed by atoms with Gasteiger partial charge in [-0.25, -0.2) is 18.2 Å². The molecular formula is C17H10F3N3O2S. The lowest BCUT2D eigenvalue weighted by molar-refractivity contribution is -0.0964. The standard InChI is InChI=1S/C17H10F3N3O2S/c18-8-1-7(6-21)2-9(3-8)25-11-4-12-14(23-16(22)26-12)13-10(11)5-17(19,20)15(13)24/h1-4,15,24H,5H2,(H2,22,23). The van der Waals surface area contributed by atoms with Crippen LogP contribution in [-0.2, 0) is 6.42 Å². The first-order chi connectivity index (χ1) is 12.3. The van der Waals surface area contributed by atoms with E-state index >= 15 is 0 Å². The SMILES string of the molecule is N#Cc1cc(F)cc(Oc2cc3sc(N)nc3c3c2CC(F)(F)C3O)c1. The molecular weight excluding hydrogens is 367 g/mol. The molecule has 5 nitrogen and oxygen atoms in total. The van der Waals surface area contributed by atoms with E-state index < -0.39 is 24.3 Å². The van der Waals surface area contributed by atoms with Gasteiger partial charge in [0.25, 0.3) is 5.92 Å². The van der Waals surface area contributed by atoms with Crippen molar-refractivity contribution in [3.05, 3.63) is 46.8 Å². The van der Waals surface area contributed by atoms with Gasteiger partial charge >= 0.3 is 0 Å². The summed E-state index contributed by atoms with van der Waals surface area (Å²) in [5.41, 5.74) is 5.96. The molecule has 1 aromatic heterocycles. The second-order valence-electron chi connectivity index (χ2n) is 5.90. The lowest BCUT2D eigenvalue weighted by Crippen LogP contribution is -2.21. The number of ether oxygens (including phenoxy) is 1. The van der Waals surface area contributed by atoms with Crippen LogP contribution in [0.2, 0.25) is 0 Å². The number of halogens is 3. The van der Waals surface area contributed by atoms with Gasteiger partial charge in [-0.2, -0.15) is 5.26 Å². The summed E-state index contributed by atoms with van der Waals surface area (Å²) in [5.74, 6) is -4.04. The molecule has 4 rings (SSSR count). The minimum Gasteiger partial charge on any atom is -0.457 e. The topological polar surface area (TPSA) is 92.2 Å². The Morgan fingerprint density at radius 2 is 2.12 bits per heavy atom. The number of nitrogen functional groups attached to an aromatic ring is 1. The van der Waals surface area contributed by atoms with Gasteiger partial charge in [0.1, 0.15) is 23.4 Å². The Bertz CT molecular complexity index is 1090. The maximum absolute atomic E-state index is 14.1. The van der Waals surface area contributed by atoms with Gasteiger partial charge < -0.3 is 15.6 Å². The summed E-state index contributed by atoms with van der Waals surface area (Å²) in [6.45, 7) is 0. The predicted octanol–water partition coefficient (Wildman–Crippen LogP) is 3.91. The minimum absolute atomic E-state index is 0.00899. The number of thiazole rings is 1. The normalized spacial score (nSPS) is 17.9. The Morgan fingerprint density at radius 1 is 1.35 bits per heavy atom. The smallest absolute Gasteiger partial charge is 0.281 e. The van der Waals surface area contributed by atoms with Crippen LogP contribution < -0.4 is 10.5 Å². The van der Waals surface area contributed by atoms with Crippen LogP contribution >= 0.6 is 11.3 Å². The highest BCUT2D eigenvalue weighted by Gasteiger charge is 2.49. The number of benzene rings is 2. The number of alkyl halides is 2. The van der Waals surface area contributed by atoms with Crippen LogP contribution in [0, 0.1) is 17.1 Å². The molecule has 0 spiro atoms. The lowest BCUT2D eigenvalue weighted by Gasteiger charge is -2.13. The Labute approximate surface area is 149 Å². The maximum atomic E-state index is 14.1. The third kappa shape index (κ3) is 2.55. The number of hydrogen-bond donors (Lipinski definition) is 2. The Kier molecular flexibility index (Phi) is 3.57. The first kappa shape index (κ1) is 16.6. The van der Waals surface area contributed by atoms with Crippen molar-refractivity contribution < 1.29 is 23.0 Å². The van der Waals surface area contributed by atoms with Crippen LogP contribution in [0.15, 0.2) is 24.3 Å². The van der Waals surface area contributed by atoms with E-state index in [4.69, 9.17) is 15.7 Å². The van der Waals surface area contributed by atoms with Gasteiger partial charge in [-0.1, -0.05) is 11.3 Å². The van der Waals surface area contributed by atoms with Crippen LogP contribution in [0.25, 0.3) is 10.2 Å². The number of hydrogen-bond acceptors (Lipinski definition) is 6. The van der Waals surface area contributed by atoms with Crippen molar-refractivity contribution >= 4 is 26.7 Å². The fraction of sp³-hybridized carbons (Fsp3) is 0.176. The quantitative estimate of drug-likeness (QED) is 0.707. The lowest BCUT2D eigenvalue weighted by atomic mass is 10.1. The number of aromatic nitrogens is 1. The summed E-state index contributed by atoms with van der Waals surface area (Å²) in [5, 5.41) is 19.1. The van der Waals surface area contributed by atoms with E-state index in [1.807, 2.05) is 0 Å². The van der Waals surface area contributed by atoms with Crippen molar-refractivity contribution in [2.24, 2.45) is 0 Å². The molecule has 9 heteroatoms. The molecule has 26 heavy (non-hydrogen) atoms. The molecule has 0 aliphatic heterocycles. The minimum atomic E-state index is -3.38. The molecule has 1 aliphatic carbocycles. The molecule has 0 fully saturated rings. The number of nitrogens with two attached hydrogens (primary N) is 1. The second-order valence-corrected chi connectivity index (χ2v) is 6.96. The molecule has 1 atom stereocenters. The van der Waals surface area contributed by atoms with Gasteiger partial charge in [0.2, 0.25) is 0 Å². The van der Waals surface area contributed by atoms with Gasteiger partial charge in [-0.3, -0.25) is 0 Å². The largest absolute Gasteiger partial charge is 0.457 e. The Balaban J connectivity index is 1.90. The summed E-state index contributed by atoms with van der Waals surface area (Å²) in [7, 11) is 0. The highest BCUT2D eigenvalue weighted by molar-refractivity contribution is 7.22. The van der Waals surface area contributed by atoms with Crippen molar-refractivity contribution in [3.8, 4) is 17.6 Å². The van der Waals surface area contributed by atoms with Crippen molar-refractivity contribution in [1.82, 2.24) is 4.98 Å². The van der Waals surface area contributed by atoms with Crippen molar-refractivity contribution in [2.45, 2.75) is 18.4 Å². The first-order valence-corrected chi connectivity index (χ1v) is 8.26. The number of nitrogens with zero attached hydrogens (tertiary/aromatic N) is 2. The fourth-order valence-electron chi connectivity index (χ4n) is 3.05. The molecule has 3 N–H and O–H groups in total.